The highest BCUT2D eigenvalue weighted by Crippen LogP contribution is 2.24. The molecule has 1 aromatic carbocycles. The summed E-state index contributed by atoms with van der Waals surface area (Å²) in [4.78, 5) is 24.7. The summed E-state index contributed by atoms with van der Waals surface area (Å²) in [6.45, 7) is 2.20. The van der Waals surface area contributed by atoms with Gasteiger partial charge in [0.2, 0.25) is 11.8 Å². The number of carbonyl (C=O) groups excluding carboxylic acids is 2. The van der Waals surface area contributed by atoms with Crippen molar-refractivity contribution in [2.24, 2.45) is 13.0 Å². The smallest absolute Gasteiger partial charge is 0.232 e. The zero-order valence-electron chi connectivity index (χ0n) is 17.7. The van der Waals surface area contributed by atoms with E-state index in [2.05, 4.69) is 27.8 Å². The molecule has 0 radical (unpaired) electrons. The van der Waals surface area contributed by atoms with Gasteiger partial charge in [0.15, 0.2) is 5.16 Å². The molecule has 1 heterocycles. The number of nitrogens with one attached hydrogen (secondary N) is 2. The van der Waals surface area contributed by atoms with Gasteiger partial charge in [0.05, 0.1) is 19.3 Å². The van der Waals surface area contributed by atoms with Crippen molar-refractivity contribution in [2.45, 2.75) is 50.2 Å². The Kier molecular flexibility index (Phi) is 7.73. The van der Waals surface area contributed by atoms with Gasteiger partial charge in [-0.15, -0.1) is 10.2 Å². The van der Waals surface area contributed by atoms with E-state index < -0.39 is 0 Å². The predicted octanol–water partition coefficient (Wildman–Crippen LogP) is 2.79. The average Bonchev–Trinajstić information content (AvgIpc) is 3.07. The van der Waals surface area contributed by atoms with E-state index in [1.54, 1.807) is 30.9 Å². The van der Waals surface area contributed by atoms with Crippen LogP contribution in [-0.2, 0) is 23.1 Å². The number of aromatic nitrogens is 3. The van der Waals surface area contributed by atoms with Crippen LogP contribution in [0.3, 0.4) is 0 Å². The third kappa shape index (κ3) is 5.98. The summed E-state index contributed by atoms with van der Waals surface area (Å²) in [5, 5.41) is 14.8. The summed E-state index contributed by atoms with van der Waals surface area (Å²) in [6, 6.07) is 7.44. The summed E-state index contributed by atoms with van der Waals surface area (Å²) < 4.78 is 6.92. The van der Waals surface area contributed by atoms with Crippen molar-refractivity contribution in [2.75, 3.05) is 18.2 Å². The highest BCUT2D eigenvalue weighted by atomic mass is 32.2. The Labute approximate surface area is 181 Å². The highest BCUT2D eigenvalue weighted by molar-refractivity contribution is 7.99. The predicted molar refractivity (Wildman–Crippen MR) is 117 cm³/mol. The van der Waals surface area contributed by atoms with Crippen LogP contribution in [0.25, 0.3) is 0 Å². The minimum atomic E-state index is -0.195. The fraction of sp³-hybridized carbons (Fsp3) is 0.524. The van der Waals surface area contributed by atoms with Crippen LogP contribution in [0.2, 0.25) is 0 Å². The second-order valence-corrected chi connectivity index (χ2v) is 8.58. The minimum Gasteiger partial charge on any atom is -0.497 e. The second-order valence-electron chi connectivity index (χ2n) is 7.64. The van der Waals surface area contributed by atoms with Gasteiger partial charge in [0.25, 0.3) is 0 Å². The van der Waals surface area contributed by atoms with Crippen molar-refractivity contribution in [1.29, 1.82) is 0 Å². The number of hydrogen-bond donors (Lipinski definition) is 2. The molecule has 0 spiro atoms. The van der Waals surface area contributed by atoms with Crippen LogP contribution in [0.4, 0.5) is 5.69 Å². The zero-order valence-corrected chi connectivity index (χ0v) is 18.5. The van der Waals surface area contributed by atoms with Gasteiger partial charge in [-0.25, -0.2) is 0 Å². The molecular weight excluding hydrogens is 402 g/mol. The van der Waals surface area contributed by atoms with Gasteiger partial charge in [-0.1, -0.05) is 37.6 Å². The molecule has 2 N–H and O–H groups in total. The highest BCUT2D eigenvalue weighted by Gasteiger charge is 2.23. The van der Waals surface area contributed by atoms with Crippen LogP contribution in [-0.4, -0.2) is 45.5 Å². The third-order valence-corrected chi connectivity index (χ3v) is 6.41. The lowest BCUT2D eigenvalue weighted by Gasteiger charge is -2.29. The average molecular weight is 432 g/mol. The standard InChI is InChI=1S/C21H29N5O3S/c1-14-7-4-5-10-17(14)23-20(28)13-30-21-25-24-18(26(21)2)12-19(27)22-15-8-6-9-16(11-15)29-3/h6,8-9,11,14,17H,4-5,7,10,12-13H2,1-3H3,(H,22,27)(H,23,28)/t14-,17-/m1/s1. The van der Waals surface area contributed by atoms with Crippen LogP contribution >= 0.6 is 11.8 Å². The van der Waals surface area contributed by atoms with Crippen LogP contribution < -0.4 is 15.4 Å². The number of benzene rings is 1. The van der Waals surface area contributed by atoms with E-state index in [0.29, 0.717) is 28.3 Å². The van der Waals surface area contributed by atoms with Crippen LogP contribution in [0.5, 0.6) is 5.75 Å². The van der Waals surface area contributed by atoms with E-state index >= 15 is 0 Å². The monoisotopic (exact) mass is 431 g/mol. The summed E-state index contributed by atoms with van der Waals surface area (Å²) >= 11 is 1.33. The zero-order chi connectivity index (χ0) is 21.5. The number of methoxy groups -OCH3 is 1. The van der Waals surface area contributed by atoms with Crippen molar-refractivity contribution in [3.05, 3.63) is 30.1 Å². The second kappa shape index (κ2) is 10.5. The Hall–Kier alpha value is -2.55. The summed E-state index contributed by atoms with van der Waals surface area (Å²) in [5.74, 6) is 1.84. The quantitative estimate of drug-likeness (QED) is 0.624. The molecule has 0 saturated heterocycles. The van der Waals surface area contributed by atoms with Crippen molar-refractivity contribution >= 4 is 29.3 Å². The Balaban J connectivity index is 1.50. The van der Waals surface area contributed by atoms with Gasteiger partial charge in [-0.05, 0) is 30.9 Å². The number of nitrogens with zero attached hydrogens (tertiary/aromatic N) is 3. The molecule has 2 aromatic rings. The first-order valence-corrected chi connectivity index (χ1v) is 11.2. The lowest BCUT2D eigenvalue weighted by molar-refractivity contribution is -0.120. The molecule has 1 fully saturated rings. The molecule has 2 atom stereocenters. The molecule has 1 aromatic heterocycles. The molecule has 3 rings (SSSR count). The molecule has 8 nitrogen and oxygen atoms in total. The summed E-state index contributed by atoms with van der Waals surface area (Å²) in [7, 11) is 3.38. The first kappa shape index (κ1) is 22.1. The molecule has 2 amide bonds. The van der Waals surface area contributed by atoms with Crippen molar-refractivity contribution in [1.82, 2.24) is 20.1 Å². The van der Waals surface area contributed by atoms with Gasteiger partial charge in [-0.3, -0.25) is 9.59 Å². The number of ether oxygens (including phenoxy) is 1. The number of carbonyl (C=O) groups is 2. The number of amides is 2. The molecule has 0 bridgehead atoms. The van der Waals surface area contributed by atoms with Crippen LogP contribution in [0.15, 0.2) is 29.4 Å². The third-order valence-electron chi connectivity index (χ3n) is 5.39. The number of hydrogen-bond acceptors (Lipinski definition) is 6. The molecule has 162 valence electrons. The van der Waals surface area contributed by atoms with E-state index in [0.717, 1.165) is 6.42 Å². The number of thioether (sulfide) groups is 1. The largest absolute Gasteiger partial charge is 0.497 e. The molecule has 9 heteroatoms. The maximum Gasteiger partial charge on any atom is 0.232 e. The molecule has 0 unspecified atom stereocenters. The Bertz CT molecular complexity index is 885. The molecule has 1 aliphatic rings. The van der Waals surface area contributed by atoms with Gasteiger partial charge >= 0.3 is 0 Å². The normalized spacial score (nSPS) is 18.6. The first-order valence-electron chi connectivity index (χ1n) is 10.2. The summed E-state index contributed by atoms with van der Waals surface area (Å²) in [6.07, 6.45) is 4.73. The molecule has 30 heavy (non-hydrogen) atoms. The Morgan fingerprint density at radius 3 is 2.80 bits per heavy atom. The van der Waals surface area contributed by atoms with E-state index in [-0.39, 0.29) is 30.0 Å². The van der Waals surface area contributed by atoms with Gasteiger partial charge in [0.1, 0.15) is 11.6 Å². The molecule has 1 saturated carbocycles. The lowest BCUT2D eigenvalue weighted by atomic mass is 9.86. The lowest BCUT2D eigenvalue weighted by Crippen LogP contribution is -2.41. The molecule has 1 aliphatic carbocycles. The molecule has 0 aliphatic heterocycles. The van der Waals surface area contributed by atoms with E-state index in [9.17, 15) is 9.59 Å². The van der Waals surface area contributed by atoms with Crippen LogP contribution in [0.1, 0.15) is 38.4 Å². The Morgan fingerprint density at radius 2 is 2.03 bits per heavy atom. The van der Waals surface area contributed by atoms with Crippen molar-refractivity contribution < 1.29 is 14.3 Å². The molecular formula is C21H29N5O3S. The Morgan fingerprint density at radius 1 is 1.23 bits per heavy atom. The minimum absolute atomic E-state index is 0.0130. The van der Waals surface area contributed by atoms with Crippen molar-refractivity contribution in [3.8, 4) is 5.75 Å². The van der Waals surface area contributed by atoms with Crippen LogP contribution in [0, 0.1) is 5.92 Å². The maximum atomic E-state index is 12.4. The fourth-order valence-corrected chi connectivity index (χ4v) is 4.32. The van der Waals surface area contributed by atoms with Gasteiger partial charge in [0, 0.05) is 24.8 Å². The SMILES string of the molecule is COc1cccc(NC(=O)Cc2nnc(SCC(=O)N[C@@H]3CCCC[C@H]3C)n2C)c1. The van der Waals surface area contributed by atoms with E-state index in [1.165, 1.54) is 31.0 Å². The van der Waals surface area contributed by atoms with Gasteiger partial charge < -0.3 is 19.9 Å². The topological polar surface area (TPSA) is 98.1 Å². The fourth-order valence-electron chi connectivity index (χ4n) is 3.58. The number of anilines is 1. The van der Waals surface area contributed by atoms with Gasteiger partial charge in [-0.2, -0.15) is 0 Å². The van der Waals surface area contributed by atoms with Crippen molar-refractivity contribution in [3.63, 3.8) is 0 Å². The number of rotatable bonds is 8. The summed E-state index contributed by atoms with van der Waals surface area (Å²) in [5.41, 5.74) is 0.657. The van der Waals surface area contributed by atoms with E-state index in [1.807, 2.05) is 12.1 Å². The first-order chi connectivity index (χ1) is 14.5. The van der Waals surface area contributed by atoms with E-state index in [4.69, 9.17) is 4.74 Å². The maximum absolute atomic E-state index is 12.4.